The topological polar surface area (TPSA) is 35.6 Å². The van der Waals surface area contributed by atoms with Gasteiger partial charge in [0.05, 0.1) is 0 Å². The predicted molar refractivity (Wildman–Crippen MR) is 105 cm³/mol. The zero-order chi connectivity index (χ0) is 18.1. The third-order valence-corrected chi connectivity index (χ3v) is 5.37. The van der Waals surface area contributed by atoms with Crippen LogP contribution in [0.15, 0.2) is 30.3 Å². The first-order valence-electron chi connectivity index (χ1n) is 9.85. The molecular weight excluding hydrogens is 310 g/mol. The highest BCUT2D eigenvalue weighted by Gasteiger charge is 2.20. The second kappa shape index (κ2) is 10.6. The second-order valence-electron chi connectivity index (χ2n) is 7.46. The smallest absolute Gasteiger partial charge is 0.220 e. The summed E-state index contributed by atoms with van der Waals surface area (Å²) >= 11 is 0. The van der Waals surface area contributed by atoms with Gasteiger partial charge in [0, 0.05) is 45.2 Å². The third kappa shape index (κ3) is 7.17. The molecule has 25 heavy (non-hydrogen) atoms. The Morgan fingerprint density at radius 3 is 2.44 bits per heavy atom. The SMILES string of the molecule is CCN1CCN(C(C)CNC(=O)CC(C)CCc2ccccc2)CC1. The molecule has 0 spiro atoms. The van der Waals surface area contributed by atoms with E-state index >= 15 is 0 Å². The molecule has 2 atom stereocenters. The maximum absolute atomic E-state index is 12.2. The van der Waals surface area contributed by atoms with Crippen LogP contribution in [0.4, 0.5) is 0 Å². The Kier molecular flexibility index (Phi) is 8.42. The van der Waals surface area contributed by atoms with Crippen molar-refractivity contribution in [3.63, 3.8) is 0 Å². The van der Waals surface area contributed by atoms with Crippen molar-refractivity contribution < 1.29 is 4.79 Å². The predicted octanol–water partition coefficient (Wildman–Crippen LogP) is 2.79. The summed E-state index contributed by atoms with van der Waals surface area (Å²) in [5, 5.41) is 3.14. The largest absolute Gasteiger partial charge is 0.355 e. The molecule has 1 aliphatic heterocycles. The lowest BCUT2D eigenvalue weighted by atomic mass is 9.98. The molecule has 0 aliphatic carbocycles. The molecule has 1 aromatic carbocycles. The van der Waals surface area contributed by atoms with Crippen molar-refractivity contribution in [2.75, 3.05) is 39.3 Å². The van der Waals surface area contributed by atoms with Gasteiger partial charge < -0.3 is 10.2 Å². The molecule has 0 saturated carbocycles. The zero-order valence-corrected chi connectivity index (χ0v) is 16.2. The highest BCUT2D eigenvalue weighted by Crippen LogP contribution is 2.13. The Morgan fingerprint density at radius 1 is 1.12 bits per heavy atom. The fourth-order valence-electron chi connectivity index (χ4n) is 3.46. The van der Waals surface area contributed by atoms with Crippen LogP contribution in [0.1, 0.15) is 39.2 Å². The number of piperazine rings is 1. The molecule has 2 rings (SSSR count). The lowest BCUT2D eigenvalue weighted by Gasteiger charge is -2.37. The average molecular weight is 346 g/mol. The number of rotatable bonds is 9. The first kappa shape index (κ1) is 19.9. The normalized spacial score (nSPS) is 18.7. The van der Waals surface area contributed by atoms with E-state index in [1.165, 1.54) is 5.56 Å². The monoisotopic (exact) mass is 345 g/mol. The summed E-state index contributed by atoms with van der Waals surface area (Å²) in [6.45, 7) is 13.0. The van der Waals surface area contributed by atoms with Gasteiger partial charge >= 0.3 is 0 Å². The first-order chi connectivity index (χ1) is 12.1. The molecule has 1 heterocycles. The van der Waals surface area contributed by atoms with Crippen molar-refractivity contribution in [2.45, 2.75) is 46.1 Å². The van der Waals surface area contributed by atoms with Gasteiger partial charge in [0.25, 0.3) is 0 Å². The zero-order valence-electron chi connectivity index (χ0n) is 16.2. The Morgan fingerprint density at radius 2 is 1.80 bits per heavy atom. The summed E-state index contributed by atoms with van der Waals surface area (Å²) in [6.07, 6.45) is 2.74. The summed E-state index contributed by atoms with van der Waals surface area (Å²) in [6, 6.07) is 10.9. The van der Waals surface area contributed by atoms with Crippen LogP contribution < -0.4 is 5.32 Å². The fourth-order valence-corrected chi connectivity index (χ4v) is 3.46. The number of amides is 1. The van der Waals surface area contributed by atoms with E-state index in [2.05, 4.69) is 60.2 Å². The lowest BCUT2D eigenvalue weighted by Crippen LogP contribution is -2.52. The molecule has 0 bridgehead atoms. The van der Waals surface area contributed by atoms with Crippen LogP contribution in [0.5, 0.6) is 0 Å². The number of hydrogen-bond acceptors (Lipinski definition) is 3. The number of carbonyl (C=O) groups is 1. The maximum atomic E-state index is 12.2. The molecule has 1 aromatic rings. The number of nitrogens with one attached hydrogen (secondary N) is 1. The minimum absolute atomic E-state index is 0.194. The van der Waals surface area contributed by atoms with Gasteiger partial charge in [-0.25, -0.2) is 0 Å². The van der Waals surface area contributed by atoms with Gasteiger partial charge in [-0.1, -0.05) is 44.2 Å². The van der Waals surface area contributed by atoms with Crippen LogP contribution in [-0.2, 0) is 11.2 Å². The van der Waals surface area contributed by atoms with E-state index in [1.807, 2.05) is 6.07 Å². The standard InChI is InChI=1S/C21H35N3O/c1-4-23-12-14-24(15-13-23)19(3)17-22-21(25)16-18(2)10-11-20-8-6-5-7-9-20/h5-9,18-19H,4,10-17H2,1-3H3,(H,22,25). The van der Waals surface area contributed by atoms with E-state index in [1.54, 1.807) is 0 Å². The molecule has 4 heteroatoms. The first-order valence-corrected chi connectivity index (χ1v) is 9.85. The molecule has 1 aliphatic rings. The number of hydrogen-bond donors (Lipinski definition) is 1. The van der Waals surface area contributed by atoms with Crippen molar-refractivity contribution in [3.05, 3.63) is 35.9 Å². The minimum atomic E-state index is 0.194. The molecule has 1 amide bonds. The van der Waals surface area contributed by atoms with Crippen LogP contribution in [0.2, 0.25) is 0 Å². The summed E-state index contributed by atoms with van der Waals surface area (Å²) < 4.78 is 0. The van der Waals surface area contributed by atoms with Crippen LogP contribution >= 0.6 is 0 Å². The lowest BCUT2D eigenvalue weighted by molar-refractivity contribution is -0.122. The van der Waals surface area contributed by atoms with Gasteiger partial charge in [0.1, 0.15) is 0 Å². The summed E-state index contributed by atoms with van der Waals surface area (Å²) in [5.74, 6) is 0.614. The molecule has 1 fully saturated rings. The summed E-state index contributed by atoms with van der Waals surface area (Å²) in [4.78, 5) is 17.2. The van der Waals surface area contributed by atoms with Crippen molar-refractivity contribution >= 4 is 5.91 Å². The van der Waals surface area contributed by atoms with Crippen molar-refractivity contribution in [3.8, 4) is 0 Å². The van der Waals surface area contributed by atoms with Crippen molar-refractivity contribution in [2.24, 2.45) is 5.92 Å². The Bertz CT molecular complexity index is 497. The Balaban J connectivity index is 1.61. The van der Waals surface area contributed by atoms with Gasteiger partial charge in [-0.2, -0.15) is 0 Å². The number of aryl methyl sites for hydroxylation is 1. The van der Waals surface area contributed by atoms with Crippen LogP contribution in [0, 0.1) is 5.92 Å². The van der Waals surface area contributed by atoms with Gasteiger partial charge in [0.2, 0.25) is 5.91 Å². The molecule has 2 unspecified atom stereocenters. The molecular formula is C21H35N3O. The van der Waals surface area contributed by atoms with Gasteiger partial charge in [-0.05, 0) is 37.8 Å². The number of carbonyl (C=O) groups excluding carboxylic acids is 1. The van der Waals surface area contributed by atoms with E-state index in [4.69, 9.17) is 0 Å². The minimum Gasteiger partial charge on any atom is -0.355 e. The Hall–Kier alpha value is -1.39. The van der Waals surface area contributed by atoms with E-state index < -0.39 is 0 Å². The Labute approximate surface area is 153 Å². The second-order valence-corrected chi connectivity index (χ2v) is 7.46. The van der Waals surface area contributed by atoms with Crippen molar-refractivity contribution in [1.82, 2.24) is 15.1 Å². The molecule has 0 aromatic heterocycles. The maximum Gasteiger partial charge on any atom is 0.220 e. The molecule has 0 radical (unpaired) electrons. The van der Waals surface area contributed by atoms with Gasteiger partial charge in [-0.3, -0.25) is 9.69 Å². The van der Waals surface area contributed by atoms with Gasteiger partial charge in [0.15, 0.2) is 0 Å². The molecule has 1 saturated heterocycles. The highest BCUT2D eigenvalue weighted by atomic mass is 16.1. The average Bonchev–Trinajstić information content (AvgIpc) is 2.65. The summed E-state index contributed by atoms with van der Waals surface area (Å²) in [7, 11) is 0. The van der Waals surface area contributed by atoms with E-state index in [0.717, 1.165) is 52.1 Å². The van der Waals surface area contributed by atoms with Crippen LogP contribution in [-0.4, -0.2) is 61.0 Å². The van der Waals surface area contributed by atoms with E-state index in [-0.39, 0.29) is 5.91 Å². The molecule has 4 nitrogen and oxygen atoms in total. The summed E-state index contributed by atoms with van der Waals surface area (Å²) in [5.41, 5.74) is 1.36. The number of benzene rings is 1. The van der Waals surface area contributed by atoms with Crippen LogP contribution in [0.3, 0.4) is 0 Å². The molecule has 1 N–H and O–H groups in total. The highest BCUT2D eigenvalue weighted by molar-refractivity contribution is 5.76. The van der Waals surface area contributed by atoms with E-state index in [0.29, 0.717) is 18.4 Å². The van der Waals surface area contributed by atoms with Crippen molar-refractivity contribution in [1.29, 1.82) is 0 Å². The number of likely N-dealkylation sites (N-methyl/N-ethyl adjacent to an activating group) is 1. The fraction of sp³-hybridized carbons (Fsp3) is 0.667. The number of nitrogens with zero attached hydrogens (tertiary/aromatic N) is 2. The third-order valence-electron chi connectivity index (χ3n) is 5.37. The van der Waals surface area contributed by atoms with Crippen LogP contribution in [0.25, 0.3) is 0 Å². The molecule has 140 valence electrons. The van der Waals surface area contributed by atoms with Gasteiger partial charge in [-0.15, -0.1) is 0 Å². The van der Waals surface area contributed by atoms with E-state index in [9.17, 15) is 4.79 Å². The quantitative estimate of drug-likeness (QED) is 0.747.